The number of carbonyl (C=O) groups excluding carboxylic acids is 1. The van der Waals surface area contributed by atoms with E-state index in [1.54, 1.807) is 6.08 Å². The number of nitriles is 2. The van der Waals surface area contributed by atoms with E-state index in [-0.39, 0.29) is 32.5 Å². The molecule has 0 bridgehead atoms. The summed E-state index contributed by atoms with van der Waals surface area (Å²) < 4.78 is 12.0. The van der Waals surface area contributed by atoms with Crippen LogP contribution < -0.4 is 9.47 Å². The monoisotopic (exact) mass is 492 g/mol. The number of halogens is 3. The summed E-state index contributed by atoms with van der Waals surface area (Å²) in [6.45, 7) is 0.813. The molecule has 0 saturated carbocycles. The third-order valence-corrected chi connectivity index (χ3v) is 6.68. The zero-order valence-corrected chi connectivity index (χ0v) is 17.7. The standard InChI is InChI=1S/C19H7BrCl2N2O3S/c20-19-18-17(26-1-2-27-18)14(28-19)5-11-15(8(6-23)7-24)9-3-12(21)13(22)4-10(9)16(11)25/h3-5H,1-2H2/b11-5-. The van der Waals surface area contributed by atoms with Crippen LogP contribution in [-0.4, -0.2) is 19.0 Å². The first kappa shape index (κ1) is 19.0. The number of carbonyl (C=O) groups is 1. The first-order valence-corrected chi connectivity index (χ1v) is 10.2. The molecule has 0 unspecified atom stereocenters. The van der Waals surface area contributed by atoms with Crippen molar-refractivity contribution in [1.82, 2.24) is 0 Å². The number of fused-ring (bicyclic) bond motifs is 2. The molecule has 9 heteroatoms. The van der Waals surface area contributed by atoms with Gasteiger partial charge < -0.3 is 9.47 Å². The van der Waals surface area contributed by atoms with Gasteiger partial charge in [-0.3, -0.25) is 4.79 Å². The van der Waals surface area contributed by atoms with Gasteiger partial charge in [0.2, 0.25) is 0 Å². The molecule has 1 aromatic heterocycles. The van der Waals surface area contributed by atoms with Crippen LogP contribution in [0.1, 0.15) is 20.8 Å². The van der Waals surface area contributed by atoms with Gasteiger partial charge in [0.25, 0.3) is 0 Å². The van der Waals surface area contributed by atoms with Crippen molar-refractivity contribution < 1.29 is 14.3 Å². The van der Waals surface area contributed by atoms with Crippen LogP contribution >= 0.6 is 50.5 Å². The van der Waals surface area contributed by atoms with Crippen molar-refractivity contribution in [2.24, 2.45) is 0 Å². The minimum Gasteiger partial charge on any atom is -0.485 e. The number of rotatable bonds is 1. The van der Waals surface area contributed by atoms with Gasteiger partial charge in [-0.05, 0) is 39.7 Å². The number of ether oxygens (including phenoxy) is 2. The molecule has 2 aliphatic rings. The summed E-state index contributed by atoms with van der Waals surface area (Å²) in [7, 11) is 0. The van der Waals surface area contributed by atoms with Gasteiger partial charge in [-0.2, -0.15) is 10.5 Å². The van der Waals surface area contributed by atoms with E-state index in [1.165, 1.54) is 23.5 Å². The Morgan fingerprint density at radius 1 is 1.11 bits per heavy atom. The predicted octanol–water partition coefficient (Wildman–Crippen LogP) is 5.67. The minimum atomic E-state index is -0.346. The fourth-order valence-electron chi connectivity index (χ4n) is 3.05. The fraction of sp³-hybridized carbons (Fsp3) is 0.105. The van der Waals surface area contributed by atoms with E-state index < -0.39 is 0 Å². The van der Waals surface area contributed by atoms with Crippen LogP contribution in [0.3, 0.4) is 0 Å². The molecule has 138 valence electrons. The summed E-state index contributed by atoms with van der Waals surface area (Å²) >= 11 is 16.9. The lowest BCUT2D eigenvalue weighted by Crippen LogP contribution is -2.14. The van der Waals surface area contributed by atoms with Gasteiger partial charge in [-0.15, -0.1) is 11.3 Å². The van der Waals surface area contributed by atoms with Crippen LogP contribution in [0.25, 0.3) is 11.6 Å². The maximum absolute atomic E-state index is 13.1. The van der Waals surface area contributed by atoms with Gasteiger partial charge in [0.15, 0.2) is 17.3 Å². The predicted molar refractivity (Wildman–Crippen MR) is 110 cm³/mol. The average Bonchev–Trinajstić information content (AvgIpc) is 3.14. The molecular formula is C19H7BrCl2N2O3S. The van der Waals surface area contributed by atoms with E-state index in [0.717, 1.165) is 3.79 Å². The lowest BCUT2D eigenvalue weighted by molar-refractivity contribution is 0.104. The molecule has 4 rings (SSSR count). The average molecular weight is 494 g/mol. The Morgan fingerprint density at radius 2 is 1.71 bits per heavy atom. The number of ketones is 1. The zero-order chi connectivity index (χ0) is 20.0. The van der Waals surface area contributed by atoms with Crippen LogP contribution in [0.2, 0.25) is 10.0 Å². The smallest absolute Gasteiger partial charge is 0.194 e. The van der Waals surface area contributed by atoms with Gasteiger partial charge in [0, 0.05) is 16.7 Å². The van der Waals surface area contributed by atoms with Gasteiger partial charge in [0.05, 0.1) is 14.9 Å². The van der Waals surface area contributed by atoms with Crippen molar-refractivity contribution >= 4 is 67.9 Å². The third-order valence-electron chi connectivity index (χ3n) is 4.22. The van der Waals surface area contributed by atoms with E-state index in [4.69, 9.17) is 32.7 Å². The van der Waals surface area contributed by atoms with E-state index in [9.17, 15) is 15.3 Å². The van der Waals surface area contributed by atoms with Crippen molar-refractivity contribution in [3.05, 3.63) is 53.1 Å². The Hall–Kier alpha value is -2.29. The van der Waals surface area contributed by atoms with E-state index in [1.807, 2.05) is 12.1 Å². The van der Waals surface area contributed by atoms with Crippen LogP contribution in [0.15, 0.2) is 27.1 Å². The first-order chi connectivity index (χ1) is 13.5. The number of thiophene rings is 1. The highest BCUT2D eigenvalue weighted by molar-refractivity contribution is 9.11. The Morgan fingerprint density at radius 3 is 2.36 bits per heavy atom. The van der Waals surface area contributed by atoms with Crippen LogP contribution in [0, 0.1) is 22.7 Å². The summed E-state index contributed by atoms with van der Waals surface area (Å²) in [4.78, 5) is 13.7. The molecule has 2 aromatic rings. The second kappa shape index (κ2) is 7.27. The highest BCUT2D eigenvalue weighted by Gasteiger charge is 2.34. The molecule has 0 saturated heterocycles. The molecule has 1 aliphatic carbocycles. The molecule has 0 amide bonds. The highest BCUT2D eigenvalue weighted by Crippen LogP contribution is 2.50. The quantitative estimate of drug-likeness (QED) is 0.377. The number of hydrogen-bond acceptors (Lipinski definition) is 6. The summed E-state index contributed by atoms with van der Waals surface area (Å²) in [6.07, 6.45) is 1.61. The van der Waals surface area contributed by atoms with Gasteiger partial charge >= 0.3 is 0 Å². The van der Waals surface area contributed by atoms with Crippen molar-refractivity contribution in [2.75, 3.05) is 13.2 Å². The Balaban J connectivity index is 1.98. The number of allylic oxidation sites excluding steroid dienone is 3. The highest BCUT2D eigenvalue weighted by atomic mass is 79.9. The van der Waals surface area contributed by atoms with Crippen molar-refractivity contribution in [1.29, 1.82) is 10.5 Å². The molecule has 0 spiro atoms. The SMILES string of the molecule is N#CC(C#N)=C1/C(=C/c2sc(Br)c3c2OCCO3)C(=O)c2cc(Cl)c(Cl)cc21. The molecule has 0 atom stereocenters. The fourth-order valence-corrected chi connectivity index (χ4v) is 5.06. The second-order valence-corrected chi connectivity index (χ2v) is 8.95. The maximum atomic E-state index is 13.1. The zero-order valence-electron chi connectivity index (χ0n) is 13.8. The Labute approximate surface area is 182 Å². The number of benzene rings is 1. The third kappa shape index (κ3) is 2.92. The number of hydrogen-bond donors (Lipinski definition) is 0. The van der Waals surface area contributed by atoms with Crippen LogP contribution in [-0.2, 0) is 0 Å². The second-order valence-electron chi connectivity index (χ2n) is 5.77. The van der Waals surface area contributed by atoms with Gasteiger partial charge in [0.1, 0.15) is 34.7 Å². The van der Waals surface area contributed by atoms with Crippen molar-refractivity contribution in [3.8, 4) is 23.6 Å². The van der Waals surface area contributed by atoms with Crippen LogP contribution in [0.4, 0.5) is 0 Å². The molecule has 1 aliphatic heterocycles. The summed E-state index contributed by atoms with van der Waals surface area (Å²) in [5, 5.41) is 19.3. The molecule has 0 N–H and O–H groups in total. The Bertz CT molecular complexity index is 1190. The van der Waals surface area contributed by atoms with Crippen LogP contribution in [0.5, 0.6) is 11.5 Å². The number of Topliss-reactive ketones (excluding diaryl/α,β-unsaturated/α-hetero) is 1. The van der Waals surface area contributed by atoms with Crippen molar-refractivity contribution in [3.63, 3.8) is 0 Å². The summed E-state index contributed by atoms with van der Waals surface area (Å²) in [5.74, 6) is 0.746. The van der Waals surface area contributed by atoms with Gasteiger partial charge in [-0.25, -0.2) is 0 Å². The normalized spacial score (nSPS) is 16.0. The minimum absolute atomic E-state index is 0.182. The van der Waals surface area contributed by atoms with E-state index in [2.05, 4.69) is 15.9 Å². The lowest BCUT2D eigenvalue weighted by atomic mass is 9.99. The lowest BCUT2D eigenvalue weighted by Gasteiger charge is -2.15. The molecule has 2 heterocycles. The molecule has 0 radical (unpaired) electrons. The largest absolute Gasteiger partial charge is 0.485 e. The first-order valence-electron chi connectivity index (χ1n) is 7.84. The van der Waals surface area contributed by atoms with Crippen molar-refractivity contribution in [2.45, 2.75) is 0 Å². The summed E-state index contributed by atoms with van der Waals surface area (Å²) in [6, 6.07) is 6.67. The Kier molecular flexibility index (Phi) is 4.95. The summed E-state index contributed by atoms with van der Waals surface area (Å²) in [5.41, 5.74) is 0.958. The van der Waals surface area contributed by atoms with E-state index in [0.29, 0.717) is 40.7 Å². The molecular weight excluding hydrogens is 487 g/mol. The molecule has 0 fully saturated rings. The number of nitrogens with zero attached hydrogens (tertiary/aromatic N) is 2. The molecule has 5 nitrogen and oxygen atoms in total. The maximum Gasteiger partial charge on any atom is 0.194 e. The molecule has 28 heavy (non-hydrogen) atoms. The van der Waals surface area contributed by atoms with Gasteiger partial charge in [-0.1, -0.05) is 23.2 Å². The topological polar surface area (TPSA) is 83.1 Å². The van der Waals surface area contributed by atoms with E-state index >= 15 is 0 Å². The molecule has 1 aromatic carbocycles.